The summed E-state index contributed by atoms with van der Waals surface area (Å²) in [4.78, 5) is 23.8. The summed E-state index contributed by atoms with van der Waals surface area (Å²) in [5, 5.41) is 14.5. The maximum absolute atomic E-state index is 12.5. The summed E-state index contributed by atoms with van der Waals surface area (Å²) in [5.41, 5.74) is 1.60. The summed E-state index contributed by atoms with van der Waals surface area (Å²) in [6.07, 6.45) is 0. The standard InChI is InChI=1S/C22H18N2O4S/c25-20(24-22(29)23-19-12-5-4-11-18(19)21(26)27)16-8-6-7-15(13-16)14-28-17-9-2-1-3-10-17/h1-13H,14H2,(H,26,27)(H2,23,24,25,29). The average molecular weight is 406 g/mol. The molecule has 0 heterocycles. The second-order valence-corrected chi connectivity index (χ2v) is 6.47. The normalized spacial score (nSPS) is 10.1. The smallest absolute Gasteiger partial charge is 0.337 e. The Kier molecular flexibility index (Phi) is 6.55. The molecule has 0 bridgehead atoms. The molecule has 3 rings (SSSR count). The van der Waals surface area contributed by atoms with Crippen LogP contribution in [0, 0.1) is 0 Å². The van der Waals surface area contributed by atoms with E-state index in [2.05, 4.69) is 10.6 Å². The van der Waals surface area contributed by atoms with Gasteiger partial charge >= 0.3 is 5.97 Å². The molecule has 146 valence electrons. The Bertz CT molecular complexity index is 1040. The topological polar surface area (TPSA) is 87.7 Å². The first-order valence-electron chi connectivity index (χ1n) is 8.74. The number of hydrogen-bond acceptors (Lipinski definition) is 4. The quantitative estimate of drug-likeness (QED) is 0.535. The van der Waals surface area contributed by atoms with Gasteiger partial charge in [-0.1, -0.05) is 42.5 Å². The van der Waals surface area contributed by atoms with Crippen LogP contribution in [0.3, 0.4) is 0 Å². The van der Waals surface area contributed by atoms with Gasteiger partial charge in [-0.2, -0.15) is 0 Å². The van der Waals surface area contributed by atoms with E-state index >= 15 is 0 Å². The van der Waals surface area contributed by atoms with E-state index in [1.165, 1.54) is 6.07 Å². The van der Waals surface area contributed by atoms with E-state index < -0.39 is 11.9 Å². The van der Waals surface area contributed by atoms with Crippen molar-refractivity contribution in [3.8, 4) is 5.75 Å². The number of rotatable bonds is 6. The summed E-state index contributed by atoms with van der Waals surface area (Å²) < 4.78 is 5.70. The average Bonchev–Trinajstić information content (AvgIpc) is 2.73. The van der Waals surface area contributed by atoms with E-state index in [9.17, 15) is 14.7 Å². The number of thiocarbonyl (C=S) groups is 1. The molecule has 0 atom stereocenters. The van der Waals surface area contributed by atoms with Crippen molar-refractivity contribution in [3.63, 3.8) is 0 Å². The molecule has 0 aliphatic rings. The number of carbonyl (C=O) groups excluding carboxylic acids is 1. The minimum Gasteiger partial charge on any atom is -0.489 e. The summed E-state index contributed by atoms with van der Waals surface area (Å²) in [7, 11) is 0. The summed E-state index contributed by atoms with van der Waals surface area (Å²) >= 11 is 5.15. The molecule has 0 aliphatic carbocycles. The molecule has 29 heavy (non-hydrogen) atoms. The lowest BCUT2D eigenvalue weighted by atomic mass is 10.1. The number of carboxylic acids is 1. The first-order valence-corrected chi connectivity index (χ1v) is 9.15. The molecule has 7 heteroatoms. The zero-order chi connectivity index (χ0) is 20.6. The van der Waals surface area contributed by atoms with Crippen molar-refractivity contribution in [1.82, 2.24) is 5.32 Å². The molecule has 0 unspecified atom stereocenters. The van der Waals surface area contributed by atoms with E-state index in [1.54, 1.807) is 36.4 Å². The van der Waals surface area contributed by atoms with Crippen LogP contribution < -0.4 is 15.4 Å². The third kappa shape index (κ3) is 5.63. The Balaban J connectivity index is 1.62. The maximum atomic E-state index is 12.5. The molecule has 0 radical (unpaired) electrons. The van der Waals surface area contributed by atoms with Gasteiger partial charge in [0.05, 0.1) is 11.3 Å². The Hall–Kier alpha value is -3.71. The summed E-state index contributed by atoms with van der Waals surface area (Å²) in [6, 6.07) is 22.7. The molecule has 0 spiro atoms. The van der Waals surface area contributed by atoms with Crippen molar-refractivity contribution in [2.24, 2.45) is 0 Å². The van der Waals surface area contributed by atoms with Gasteiger partial charge in [-0.25, -0.2) is 4.79 Å². The molecule has 0 aliphatic heterocycles. The van der Waals surface area contributed by atoms with Gasteiger partial charge in [-0.15, -0.1) is 0 Å². The van der Waals surface area contributed by atoms with Crippen molar-refractivity contribution in [1.29, 1.82) is 0 Å². The molecular weight excluding hydrogens is 388 g/mol. The molecule has 0 saturated carbocycles. The molecule has 3 N–H and O–H groups in total. The number of benzene rings is 3. The van der Waals surface area contributed by atoms with E-state index in [1.807, 2.05) is 36.4 Å². The van der Waals surface area contributed by atoms with Gasteiger partial charge in [0, 0.05) is 5.56 Å². The van der Waals surface area contributed by atoms with Gasteiger partial charge in [-0.3, -0.25) is 10.1 Å². The Morgan fingerprint density at radius 1 is 0.931 bits per heavy atom. The zero-order valence-corrected chi connectivity index (χ0v) is 16.1. The van der Waals surface area contributed by atoms with Crippen molar-refractivity contribution in [3.05, 3.63) is 95.6 Å². The van der Waals surface area contributed by atoms with Gasteiger partial charge < -0.3 is 15.2 Å². The predicted molar refractivity (Wildman–Crippen MR) is 114 cm³/mol. The fourth-order valence-corrected chi connectivity index (χ4v) is 2.80. The molecule has 1 amide bonds. The third-order valence-electron chi connectivity index (χ3n) is 3.97. The van der Waals surface area contributed by atoms with Crippen molar-refractivity contribution in [2.45, 2.75) is 6.61 Å². The number of nitrogens with one attached hydrogen (secondary N) is 2. The number of amides is 1. The SMILES string of the molecule is O=C(NC(=S)Nc1ccccc1C(=O)O)c1cccc(COc2ccccc2)c1. The highest BCUT2D eigenvalue weighted by molar-refractivity contribution is 7.80. The van der Waals surface area contributed by atoms with Gasteiger partial charge in [0.1, 0.15) is 12.4 Å². The lowest BCUT2D eigenvalue weighted by Gasteiger charge is -2.12. The molecule has 3 aromatic rings. The van der Waals surface area contributed by atoms with Crippen molar-refractivity contribution in [2.75, 3.05) is 5.32 Å². The molecule has 0 aromatic heterocycles. The van der Waals surface area contributed by atoms with Crippen LogP contribution in [0.2, 0.25) is 0 Å². The first kappa shape index (κ1) is 20.0. The summed E-state index contributed by atoms with van der Waals surface area (Å²) in [6.45, 7) is 0.319. The van der Waals surface area contributed by atoms with E-state index in [0.29, 0.717) is 17.9 Å². The minimum atomic E-state index is -1.09. The highest BCUT2D eigenvalue weighted by atomic mass is 32.1. The number of aromatic carboxylic acids is 1. The van der Waals surface area contributed by atoms with Crippen LogP contribution in [0.5, 0.6) is 5.75 Å². The molecule has 0 saturated heterocycles. The van der Waals surface area contributed by atoms with E-state index in [-0.39, 0.29) is 10.7 Å². The summed E-state index contributed by atoms with van der Waals surface area (Å²) in [5.74, 6) is -0.755. The monoisotopic (exact) mass is 406 g/mol. The maximum Gasteiger partial charge on any atom is 0.337 e. The van der Waals surface area contributed by atoms with Crippen LogP contribution in [0.25, 0.3) is 0 Å². The number of carbonyl (C=O) groups is 2. The highest BCUT2D eigenvalue weighted by Crippen LogP contribution is 2.15. The van der Waals surface area contributed by atoms with Crippen molar-refractivity contribution < 1.29 is 19.4 Å². The number of para-hydroxylation sites is 2. The first-order chi connectivity index (χ1) is 14.0. The number of anilines is 1. The van der Waals surface area contributed by atoms with Gasteiger partial charge in [0.15, 0.2) is 5.11 Å². The van der Waals surface area contributed by atoms with Crippen LogP contribution in [0.1, 0.15) is 26.3 Å². The lowest BCUT2D eigenvalue weighted by molar-refractivity contribution is 0.0697. The lowest BCUT2D eigenvalue weighted by Crippen LogP contribution is -2.34. The van der Waals surface area contributed by atoms with Gasteiger partial charge in [-0.05, 0) is 54.2 Å². The van der Waals surface area contributed by atoms with Crippen LogP contribution >= 0.6 is 12.2 Å². The van der Waals surface area contributed by atoms with Gasteiger partial charge in [0.25, 0.3) is 5.91 Å². The van der Waals surface area contributed by atoms with Crippen LogP contribution in [-0.2, 0) is 6.61 Å². The van der Waals surface area contributed by atoms with Crippen molar-refractivity contribution >= 4 is 34.9 Å². The predicted octanol–water partition coefficient (Wildman–Crippen LogP) is 4.09. The third-order valence-corrected chi connectivity index (χ3v) is 4.17. The number of carboxylic acid groups (broad SMARTS) is 1. The molecular formula is C22H18N2O4S. The van der Waals surface area contributed by atoms with E-state index in [4.69, 9.17) is 17.0 Å². The van der Waals surface area contributed by atoms with Gasteiger partial charge in [0.2, 0.25) is 0 Å². The largest absolute Gasteiger partial charge is 0.489 e. The minimum absolute atomic E-state index is 0.00892. The van der Waals surface area contributed by atoms with E-state index in [0.717, 1.165) is 11.3 Å². The number of hydrogen-bond donors (Lipinski definition) is 3. The van der Waals surface area contributed by atoms with Crippen LogP contribution in [-0.4, -0.2) is 22.1 Å². The fraction of sp³-hybridized carbons (Fsp3) is 0.0455. The Morgan fingerprint density at radius 2 is 1.66 bits per heavy atom. The molecule has 3 aromatic carbocycles. The molecule has 6 nitrogen and oxygen atoms in total. The second kappa shape index (κ2) is 9.48. The zero-order valence-electron chi connectivity index (χ0n) is 15.3. The van der Waals surface area contributed by atoms with Crippen LogP contribution in [0.15, 0.2) is 78.9 Å². The highest BCUT2D eigenvalue weighted by Gasteiger charge is 2.13. The second-order valence-electron chi connectivity index (χ2n) is 6.06. The Labute approximate surface area is 173 Å². The van der Waals surface area contributed by atoms with Crippen LogP contribution in [0.4, 0.5) is 5.69 Å². The number of ether oxygens (including phenoxy) is 1. The fourth-order valence-electron chi connectivity index (χ4n) is 2.59. The molecule has 0 fully saturated rings. The Morgan fingerprint density at radius 3 is 2.41 bits per heavy atom.